The third kappa shape index (κ3) is 7.71. The number of ether oxygens (including phenoxy) is 1. The summed E-state index contributed by atoms with van der Waals surface area (Å²) in [4.78, 5) is 2.14. The maximum absolute atomic E-state index is 5.55. The normalized spacial score (nSPS) is 22.2. The molecular formula is C13H29N3O. The van der Waals surface area contributed by atoms with Crippen molar-refractivity contribution >= 4 is 0 Å². The lowest BCUT2D eigenvalue weighted by atomic mass is 10.1. The Hall–Kier alpha value is -0.160. The monoisotopic (exact) mass is 243 g/mol. The van der Waals surface area contributed by atoms with Gasteiger partial charge in [-0.05, 0) is 46.8 Å². The molecule has 0 saturated carbocycles. The van der Waals surface area contributed by atoms with E-state index < -0.39 is 0 Å². The van der Waals surface area contributed by atoms with Gasteiger partial charge >= 0.3 is 0 Å². The molecule has 17 heavy (non-hydrogen) atoms. The highest BCUT2D eigenvalue weighted by molar-refractivity contribution is 4.78. The highest BCUT2D eigenvalue weighted by Crippen LogP contribution is 2.10. The fourth-order valence-corrected chi connectivity index (χ4v) is 2.19. The van der Waals surface area contributed by atoms with Crippen LogP contribution < -0.4 is 10.6 Å². The number of hydrogen-bond acceptors (Lipinski definition) is 4. The van der Waals surface area contributed by atoms with Gasteiger partial charge in [-0.15, -0.1) is 0 Å². The van der Waals surface area contributed by atoms with Crippen molar-refractivity contribution in [2.75, 3.05) is 46.9 Å². The first kappa shape index (κ1) is 14.9. The molecule has 2 N–H and O–H groups in total. The van der Waals surface area contributed by atoms with Crippen molar-refractivity contribution in [1.29, 1.82) is 0 Å². The van der Waals surface area contributed by atoms with Gasteiger partial charge in [0.1, 0.15) is 0 Å². The molecular weight excluding hydrogens is 214 g/mol. The first-order chi connectivity index (χ1) is 8.18. The number of nitrogens with zero attached hydrogens (tertiary/aromatic N) is 1. The maximum atomic E-state index is 5.55. The Balaban J connectivity index is 1.87. The Morgan fingerprint density at radius 2 is 2.24 bits per heavy atom. The molecule has 4 heteroatoms. The van der Waals surface area contributed by atoms with Crippen LogP contribution in [0.1, 0.15) is 26.2 Å². The molecule has 0 amide bonds. The second-order valence-corrected chi connectivity index (χ2v) is 5.30. The highest BCUT2D eigenvalue weighted by atomic mass is 16.5. The summed E-state index contributed by atoms with van der Waals surface area (Å²) in [6, 6.07) is 1.32. The van der Waals surface area contributed by atoms with Crippen molar-refractivity contribution in [2.24, 2.45) is 0 Å². The van der Waals surface area contributed by atoms with E-state index >= 15 is 0 Å². The van der Waals surface area contributed by atoms with Crippen molar-refractivity contribution in [2.45, 2.75) is 38.3 Å². The van der Waals surface area contributed by atoms with Crippen molar-refractivity contribution in [3.63, 3.8) is 0 Å². The number of rotatable bonds is 9. The molecule has 1 aliphatic rings. The van der Waals surface area contributed by atoms with E-state index in [1.807, 2.05) is 0 Å². The summed E-state index contributed by atoms with van der Waals surface area (Å²) in [6.45, 7) is 7.07. The van der Waals surface area contributed by atoms with Gasteiger partial charge in [-0.2, -0.15) is 0 Å². The molecule has 1 rings (SSSR count). The number of hydrogen-bond donors (Lipinski definition) is 2. The average molecular weight is 243 g/mol. The third-order valence-electron chi connectivity index (χ3n) is 3.22. The summed E-state index contributed by atoms with van der Waals surface area (Å²) in [6.07, 6.45) is 3.91. The van der Waals surface area contributed by atoms with Gasteiger partial charge in [-0.25, -0.2) is 0 Å². The van der Waals surface area contributed by atoms with Gasteiger partial charge in [0, 0.05) is 25.2 Å². The zero-order valence-corrected chi connectivity index (χ0v) is 11.7. The van der Waals surface area contributed by atoms with Gasteiger partial charge in [0.25, 0.3) is 0 Å². The van der Waals surface area contributed by atoms with Crippen LogP contribution in [0.2, 0.25) is 0 Å². The molecule has 2 atom stereocenters. The first-order valence-electron chi connectivity index (χ1n) is 6.87. The molecule has 1 heterocycles. The summed E-state index contributed by atoms with van der Waals surface area (Å²) in [7, 11) is 4.14. The topological polar surface area (TPSA) is 36.5 Å². The zero-order chi connectivity index (χ0) is 12.5. The third-order valence-corrected chi connectivity index (χ3v) is 3.22. The van der Waals surface area contributed by atoms with E-state index in [1.54, 1.807) is 0 Å². The van der Waals surface area contributed by atoms with Gasteiger partial charge in [0.05, 0.1) is 13.2 Å². The van der Waals surface area contributed by atoms with Gasteiger partial charge in [-0.1, -0.05) is 0 Å². The lowest BCUT2D eigenvalue weighted by Crippen LogP contribution is -2.35. The minimum Gasteiger partial charge on any atom is -0.379 e. The lowest BCUT2D eigenvalue weighted by Gasteiger charge is -2.18. The largest absolute Gasteiger partial charge is 0.379 e. The Kier molecular flexibility index (Phi) is 7.77. The maximum Gasteiger partial charge on any atom is 0.0593 e. The van der Waals surface area contributed by atoms with E-state index in [0.29, 0.717) is 6.04 Å². The molecule has 0 bridgehead atoms. The first-order valence-corrected chi connectivity index (χ1v) is 6.87. The standard InChI is InChI=1S/C13H29N3O/c1-12(11-13-5-4-6-15-13)14-7-9-17-10-8-16(2)3/h12-15H,4-11H2,1-3H3. The predicted molar refractivity (Wildman–Crippen MR) is 72.5 cm³/mol. The minimum absolute atomic E-state index is 0.586. The van der Waals surface area contributed by atoms with E-state index in [-0.39, 0.29) is 0 Å². The van der Waals surface area contributed by atoms with Gasteiger partial charge in [0.2, 0.25) is 0 Å². The molecule has 2 unspecified atom stereocenters. The van der Waals surface area contributed by atoms with E-state index in [2.05, 4.69) is 36.6 Å². The van der Waals surface area contributed by atoms with E-state index in [1.165, 1.54) is 25.8 Å². The average Bonchev–Trinajstić information content (AvgIpc) is 2.75. The molecule has 0 radical (unpaired) electrons. The molecule has 0 aromatic heterocycles. The van der Waals surface area contributed by atoms with Crippen LogP contribution in [-0.2, 0) is 4.74 Å². The molecule has 0 aromatic rings. The van der Waals surface area contributed by atoms with E-state index in [9.17, 15) is 0 Å². The van der Waals surface area contributed by atoms with Gasteiger partial charge < -0.3 is 20.3 Å². The van der Waals surface area contributed by atoms with Crippen LogP contribution >= 0.6 is 0 Å². The van der Waals surface area contributed by atoms with Crippen LogP contribution in [-0.4, -0.2) is 63.9 Å². The predicted octanol–water partition coefficient (Wildman–Crippen LogP) is 0.685. The van der Waals surface area contributed by atoms with Crippen LogP contribution in [0.15, 0.2) is 0 Å². The molecule has 1 fully saturated rings. The fourth-order valence-electron chi connectivity index (χ4n) is 2.19. The van der Waals surface area contributed by atoms with E-state index in [0.717, 1.165) is 32.3 Å². The Morgan fingerprint density at radius 1 is 1.41 bits per heavy atom. The second kappa shape index (κ2) is 8.86. The lowest BCUT2D eigenvalue weighted by molar-refractivity contribution is 0.117. The van der Waals surface area contributed by atoms with Gasteiger partial charge in [0.15, 0.2) is 0 Å². The summed E-state index contributed by atoms with van der Waals surface area (Å²) in [5.74, 6) is 0. The smallest absolute Gasteiger partial charge is 0.0593 e. The van der Waals surface area contributed by atoms with Crippen molar-refractivity contribution in [3.05, 3.63) is 0 Å². The summed E-state index contributed by atoms with van der Waals surface area (Å²) in [5.41, 5.74) is 0. The second-order valence-electron chi connectivity index (χ2n) is 5.30. The van der Waals surface area contributed by atoms with Gasteiger partial charge in [-0.3, -0.25) is 0 Å². The number of nitrogens with one attached hydrogen (secondary N) is 2. The van der Waals surface area contributed by atoms with Crippen LogP contribution in [0.4, 0.5) is 0 Å². The van der Waals surface area contributed by atoms with Crippen molar-refractivity contribution in [3.8, 4) is 0 Å². The molecule has 1 aliphatic heterocycles. The van der Waals surface area contributed by atoms with Crippen LogP contribution in [0, 0.1) is 0 Å². The molecule has 102 valence electrons. The fraction of sp³-hybridized carbons (Fsp3) is 1.00. The van der Waals surface area contributed by atoms with Crippen LogP contribution in [0.5, 0.6) is 0 Å². The van der Waals surface area contributed by atoms with Crippen molar-refractivity contribution in [1.82, 2.24) is 15.5 Å². The van der Waals surface area contributed by atoms with E-state index in [4.69, 9.17) is 4.74 Å². The Bertz CT molecular complexity index is 182. The van der Waals surface area contributed by atoms with Crippen molar-refractivity contribution < 1.29 is 4.74 Å². The molecule has 0 aliphatic carbocycles. The van der Waals surface area contributed by atoms with Crippen LogP contribution in [0.25, 0.3) is 0 Å². The minimum atomic E-state index is 0.586. The molecule has 1 saturated heterocycles. The molecule has 0 spiro atoms. The summed E-state index contributed by atoms with van der Waals surface area (Å²) < 4.78 is 5.55. The molecule has 0 aromatic carbocycles. The Labute approximate surface area is 106 Å². The number of likely N-dealkylation sites (N-methyl/N-ethyl adjacent to an activating group) is 1. The van der Waals surface area contributed by atoms with Crippen LogP contribution in [0.3, 0.4) is 0 Å². The Morgan fingerprint density at radius 3 is 2.88 bits per heavy atom. The molecule has 4 nitrogen and oxygen atoms in total. The SMILES string of the molecule is CC(CC1CCCN1)NCCOCCN(C)C. The summed E-state index contributed by atoms with van der Waals surface area (Å²) >= 11 is 0. The highest BCUT2D eigenvalue weighted by Gasteiger charge is 2.16. The quantitative estimate of drug-likeness (QED) is 0.584. The summed E-state index contributed by atoms with van der Waals surface area (Å²) in [5, 5.41) is 7.05. The zero-order valence-electron chi connectivity index (χ0n) is 11.7.